The van der Waals surface area contributed by atoms with Gasteiger partial charge in [0.15, 0.2) is 10.2 Å². The lowest BCUT2D eigenvalue weighted by molar-refractivity contribution is 0.425. The van der Waals surface area contributed by atoms with Crippen LogP contribution in [0.2, 0.25) is 0 Å². The Morgan fingerprint density at radius 3 is 2.91 bits per heavy atom. The van der Waals surface area contributed by atoms with Gasteiger partial charge in [-0.1, -0.05) is 28.3 Å². The van der Waals surface area contributed by atoms with Crippen molar-refractivity contribution >= 4 is 39.6 Å². The van der Waals surface area contributed by atoms with Crippen LogP contribution in [-0.4, -0.2) is 25.9 Å². The molecule has 0 radical (unpaired) electrons. The Morgan fingerprint density at radius 1 is 1.32 bits per heavy atom. The Bertz CT molecular complexity index is 729. The average Bonchev–Trinajstić information content (AvgIpc) is 3.16. The summed E-state index contributed by atoms with van der Waals surface area (Å²) in [5.41, 5.74) is 0.936. The highest BCUT2D eigenvalue weighted by Crippen LogP contribution is 2.29. The normalized spacial score (nSPS) is 11.8. The molecular formula is C13H15N5OS3. The molecule has 0 saturated carbocycles. The Kier molecular flexibility index (Phi) is 4.46. The molecule has 0 spiro atoms. The fourth-order valence-corrected chi connectivity index (χ4v) is 4.02. The zero-order chi connectivity index (χ0) is 15.6. The van der Waals surface area contributed by atoms with Gasteiger partial charge in [0.05, 0.1) is 11.3 Å². The Balaban J connectivity index is 1.59. The van der Waals surface area contributed by atoms with Crippen molar-refractivity contribution in [3.05, 3.63) is 22.7 Å². The minimum absolute atomic E-state index is 0.0232. The number of anilines is 1. The number of hydrogen-bond acceptors (Lipinski definition) is 9. The number of thiophene rings is 1. The Hall–Kier alpha value is -1.45. The van der Waals surface area contributed by atoms with Crippen molar-refractivity contribution in [3.63, 3.8) is 0 Å². The second-order valence-electron chi connectivity index (χ2n) is 5.56. The van der Waals surface area contributed by atoms with Gasteiger partial charge in [-0.05, 0) is 32.2 Å². The summed E-state index contributed by atoms with van der Waals surface area (Å²) in [4.78, 5) is 4.38. The molecule has 3 rings (SSSR count). The van der Waals surface area contributed by atoms with Crippen molar-refractivity contribution in [1.82, 2.24) is 20.3 Å². The number of aromatic nitrogens is 4. The molecule has 0 saturated heterocycles. The van der Waals surface area contributed by atoms with Crippen LogP contribution in [-0.2, 0) is 5.75 Å². The third-order valence-corrected chi connectivity index (χ3v) is 5.10. The van der Waals surface area contributed by atoms with Gasteiger partial charge < -0.3 is 9.84 Å². The van der Waals surface area contributed by atoms with Crippen molar-refractivity contribution in [2.75, 3.05) is 5.32 Å². The van der Waals surface area contributed by atoms with E-state index in [1.54, 1.807) is 23.1 Å². The summed E-state index contributed by atoms with van der Waals surface area (Å²) in [6, 6.07) is 1.96. The second kappa shape index (κ2) is 6.35. The maximum atomic E-state index is 5.26. The molecule has 1 N–H and O–H groups in total. The van der Waals surface area contributed by atoms with Crippen molar-refractivity contribution in [1.29, 1.82) is 0 Å². The molecule has 6 nitrogen and oxygen atoms in total. The first-order chi connectivity index (χ1) is 10.5. The second-order valence-corrected chi connectivity index (χ2v) is 8.54. The molecule has 0 amide bonds. The average molecular weight is 353 g/mol. The van der Waals surface area contributed by atoms with Crippen LogP contribution < -0.4 is 5.32 Å². The summed E-state index contributed by atoms with van der Waals surface area (Å²) in [6.07, 6.45) is 0. The highest BCUT2D eigenvalue weighted by molar-refractivity contribution is 8.00. The lowest BCUT2D eigenvalue weighted by atomic mass is 10.1. The molecule has 3 aromatic heterocycles. The molecule has 22 heavy (non-hydrogen) atoms. The van der Waals surface area contributed by atoms with Crippen molar-refractivity contribution in [2.24, 2.45) is 0 Å². The van der Waals surface area contributed by atoms with E-state index in [1.165, 1.54) is 11.3 Å². The standard InChI is InChI=1S/C13H15N5OS3/c1-13(2,3)15-11-16-17-12(22-11)21-7-9-14-10(19-18-9)8-4-5-20-6-8/h4-6H,7H2,1-3H3,(H,15,16). The van der Waals surface area contributed by atoms with Crippen LogP contribution in [0.25, 0.3) is 11.5 Å². The van der Waals surface area contributed by atoms with Gasteiger partial charge in [0.25, 0.3) is 5.89 Å². The molecular weight excluding hydrogens is 338 g/mol. The summed E-state index contributed by atoms with van der Waals surface area (Å²) in [5, 5.41) is 20.4. The minimum Gasteiger partial charge on any atom is -0.355 e. The largest absolute Gasteiger partial charge is 0.355 e. The summed E-state index contributed by atoms with van der Waals surface area (Å²) in [7, 11) is 0. The summed E-state index contributed by atoms with van der Waals surface area (Å²) >= 11 is 4.69. The van der Waals surface area contributed by atoms with Gasteiger partial charge in [-0.15, -0.1) is 10.2 Å². The van der Waals surface area contributed by atoms with Crippen LogP contribution in [0, 0.1) is 0 Å². The maximum absolute atomic E-state index is 5.26. The third-order valence-electron chi connectivity index (χ3n) is 2.45. The van der Waals surface area contributed by atoms with Gasteiger partial charge in [-0.3, -0.25) is 0 Å². The fraction of sp³-hybridized carbons (Fsp3) is 0.385. The van der Waals surface area contributed by atoms with E-state index in [9.17, 15) is 0 Å². The Morgan fingerprint density at radius 2 is 2.18 bits per heavy atom. The molecule has 0 aliphatic heterocycles. The number of hydrogen-bond donors (Lipinski definition) is 1. The Labute approximate surface area is 140 Å². The van der Waals surface area contributed by atoms with E-state index < -0.39 is 0 Å². The van der Waals surface area contributed by atoms with E-state index in [1.807, 2.05) is 16.8 Å². The van der Waals surface area contributed by atoms with Gasteiger partial charge in [-0.2, -0.15) is 16.3 Å². The smallest absolute Gasteiger partial charge is 0.258 e. The zero-order valence-corrected chi connectivity index (χ0v) is 14.8. The lowest BCUT2D eigenvalue weighted by Gasteiger charge is -2.18. The molecule has 0 bridgehead atoms. The number of thioether (sulfide) groups is 1. The van der Waals surface area contributed by atoms with E-state index in [0.29, 0.717) is 17.5 Å². The van der Waals surface area contributed by atoms with E-state index in [-0.39, 0.29) is 5.54 Å². The van der Waals surface area contributed by atoms with Crippen molar-refractivity contribution in [3.8, 4) is 11.5 Å². The highest BCUT2D eigenvalue weighted by atomic mass is 32.2. The molecule has 0 fully saturated rings. The number of nitrogens with one attached hydrogen (secondary N) is 1. The molecule has 0 unspecified atom stereocenters. The molecule has 116 valence electrons. The quantitative estimate of drug-likeness (QED) is 0.690. The van der Waals surface area contributed by atoms with Gasteiger partial charge in [0.2, 0.25) is 5.13 Å². The molecule has 3 aromatic rings. The van der Waals surface area contributed by atoms with Gasteiger partial charge in [-0.25, -0.2) is 0 Å². The maximum Gasteiger partial charge on any atom is 0.258 e. The van der Waals surface area contributed by atoms with E-state index in [0.717, 1.165) is 15.0 Å². The summed E-state index contributed by atoms with van der Waals surface area (Å²) < 4.78 is 6.14. The SMILES string of the molecule is CC(C)(C)Nc1nnc(SCc2noc(-c3ccsc3)n2)s1. The highest BCUT2D eigenvalue weighted by Gasteiger charge is 2.14. The predicted molar refractivity (Wildman–Crippen MR) is 90.5 cm³/mol. The van der Waals surface area contributed by atoms with Crippen LogP contribution in [0.15, 0.2) is 25.7 Å². The fourth-order valence-electron chi connectivity index (χ4n) is 1.58. The molecule has 3 heterocycles. The molecule has 0 aliphatic rings. The van der Waals surface area contributed by atoms with Crippen molar-refractivity contribution in [2.45, 2.75) is 36.4 Å². The first-order valence-electron chi connectivity index (χ1n) is 6.59. The first-order valence-corrected chi connectivity index (χ1v) is 9.34. The van der Waals surface area contributed by atoms with E-state index in [4.69, 9.17) is 4.52 Å². The van der Waals surface area contributed by atoms with Gasteiger partial charge in [0, 0.05) is 10.9 Å². The molecule has 0 atom stereocenters. The molecule has 0 aliphatic carbocycles. The summed E-state index contributed by atoms with van der Waals surface area (Å²) in [6.45, 7) is 6.27. The number of nitrogens with zero attached hydrogens (tertiary/aromatic N) is 4. The molecule has 9 heteroatoms. The van der Waals surface area contributed by atoms with Crippen LogP contribution in [0.4, 0.5) is 5.13 Å². The van der Waals surface area contributed by atoms with Crippen molar-refractivity contribution < 1.29 is 4.52 Å². The first kappa shape index (κ1) is 15.4. The monoisotopic (exact) mass is 353 g/mol. The van der Waals surface area contributed by atoms with E-state index >= 15 is 0 Å². The van der Waals surface area contributed by atoms with Crippen LogP contribution in [0.5, 0.6) is 0 Å². The van der Waals surface area contributed by atoms with E-state index in [2.05, 4.69) is 46.4 Å². The number of rotatable bonds is 5. The van der Waals surface area contributed by atoms with Gasteiger partial charge >= 0.3 is 0 Å². The minimum atomic E-state index is -0.0232. The van der Waals surface area contributed by atoms with Crippen LogP contribution >= 0.6 is 34.4 Å². The van der Waals surface area contributed by atoms with Crippen LogP contribution in [0.3, 0.4) is 0 Å². The predicted octanol–water partition coefficient (Wildman–Crippen LogP) is 4.15. The summed E-state index contributed by atoms with van der Waals surface area (Å²) in [5.74, 6) is 1.83. The van der Waals surface area contributed by atoms with Gasteiger partial charge in [0.1, 0.15) is 0 Å². The lowest BCUT2D eigenvalue weighted by Crippen LogP contribution is -2.25. The van der Waals surface area contributed by atoms with Crippen LogP contribution in [0.1, 0.15) is 26.6 Å². The topological polar surface area (TPSA) is 76.7 Å². The third kappa shape index (κ3) is 4.05. The zero-order valence-electron chi connectivity index (χ0n) is 12.4. The molecule has 0 aromatic carbocycles.